The fourth-order valence-corrected chi connectivity index (χ4v) is 6.16. The van der Waals surface area contributed by atoms with E-state index in [0.717, 1.165) is 18.5 Å². The van der Waals surface area contributed by atoms with Crippen LogP contribution in [0.4, 0.5) is 5.95 Å². The van der Waals surface area contributed by atoms with E-state index in [9.17, 15) is 13.2 Å². The number of fused-ring (bicyclic) bond motifs is 4. The Hall–Kier alpha value is -2.68. The Morgan fingerprint density at radius 1 is 1.12 bits per heavy atom. The molecule has 9 heteroatoms. The van der Waals surface area contributed by atoms with Gasteiger partial charge in [0, 0.05) is 17.5 Å². The smallest absolute Gasteiger partial charge is 0.264 e. The highest BCUT2D eigenvalue weighted by molar-refractivity contribution is 7.92. The number of benzene rings is 1. The lowest BCUT2D eigenvalue weighted by atomic mass is 9.72. The van der Waals surface area contributed by atoms with Gasteiger partial charge in [0.15, 0.2) is 0 Å². The Morgan fingerprint density at radius 3 is 2.56 bits per heavy atom. The number of carbonyl (C=O) groups is 1. The van der Waals surface area contributed by atoms with Gasteiger partial charge in [-0.3, -0.25) is 4.79 Å². The molecule has 1 fully saturated rings. The van der Waals surface area contributed by atoms with E-state index in [-0.39, 0.29) is 40.9 Å². The molecule has 1 amide bonds. The molecule has 34 heavy (non-hydrogen) atoms. The molecule has 1 aromatic heterocycles. The highest BCUT2D eigenvalue weighted by Crippen LogP contribution is 2.41. The number of amides is 1. The molecule has 4 rings (SSSR count). The van der Waals surface area contributed by atoms with Gasteiger partial charge in [0.25, 0.3) is 15.9 Å². The second-order valence-corrected chi connectivity index (χ2v) is 11.8. The zero-order valence-corrected chi connectivity index (χ0v) is 21.1. The van der Waals surface area contributed by atoms with Crippen LogP contribution in [0.3, 0.4) is 0 Å². The van der Waals surface area contributed by atoms with Crippen molar-refractivity contribution in [3.63, 3.8) is 0 Å². The van der Waals surface area contributed by atoms with E-state index in [1.165, 1.54) is 18.6 Å². The molecule has 2 heterocycles. The quantitative estimate of drug-likeness (QED) is 0.667. The summed E-state index contributed by atoms with van der Waals surface area (Å²) in [7, 11) is -4.00. The lowest BCUT2D eigenvalue weighted by Crippen LogP contribution is -2.40. The molecule has 3 atom stereocenters. The van der Waals surface area contributed by atoms with Gasteiger partial charge in [0.2, 0.25) is 11.8 Å². The third-order valence-electron chi connectivity index (χ3n) is 6.76. The number of sulfonamides is 1. The maximum absolute atomic E-state index is 13.1. The second kappa shape index (κ2) is 9.90. The molecule has 1 aliphatic carbocycles. The van der Waals surface area contributed by atoms with Gasteiger partial charge >= 0.3 is 0 Å². The van der Waals surface area contributed by atoms with Crippen molar-refractivity contribution >= 4 is 21.9 Å². The summed E-state index contributed by atoms with van der Waals surface area (Å²) in [5, 5.41) is 3.00. The fourth-order valence-electron chi connectivity index (χ4n) is 5.17. The maximum atomic E-state index is 13.1. The van der Waals surface area contributed by atoms with Crippen LogP contribution >= 0.6 is 0 Å². The SMILES string of the molecule is CC(C)C[C@@H]1COc2cc(C3C(C)CCCC3C)nc(n2)NS(=O)(=O)c2cccc(c2)C(=O)N1. The molecule has 0 radical (unpaired) electrons. The third kappa shape index (κ3) is 5.51. The van der Waals surface area contributed by atoms with E-state index in [1.807, 2.05) is 6.07 Å². The van der Waals surface area contributed by atoms with Crippen molar-refractivity contribution in [1.29, 1.82) is 0 Å². The first-order valence-electron chi connectivity index (χ1n) is 12.1. The Morgan fingerprint density at radius 2 is 1.85 bits per heavy atom. The number of hydrogen-bond acceptors (Lipinski definition) is 6. The minimum atomic E-state index is -4.00. The number of aromatic nitrogens is 2. The largest absolute Gasteiger partial charge is 0.475 e. The topological polar surface area (TPSA) is 110 Å². The van der Waals surface area contributed by atoms with Gasteiger partial charge in [-0.15, -0.1) is 0 Å². The minimum absolute atomic E-state index is 0.0122. The zero-order chi connectivity index (χ0) is 24.5. The minimum Gasteiger partial charge on any atom is -0.475 e. The first-order chi connectivity index (χ1) is 16.1. The summed E-state index contributed by atoms with van der Waals surface area (Å²) < 4.78 is 34.8. The summed E-state index contributed by atoms with van der Waals surface area (Å²) in [5.41, 5.74) is 1.06. The van der Waals surface area contributed by atoms with Gasteiger partial charge in [-0.05, 0) is 42.4 Å². The molecular formula is C25H34N4O4S. The van der Waals surface area contributed by atoms with Crippen LogP contribution < -0.4 is 14.8 Å². The van der Waals surface area contributed by atoms with E-state index in [0.29, 0.717) is 30.1 Å². The summed E-state index contributed by atoms with van der Waals surface area (Å²) in [6, 6.07) is 7.56. The zero-order valence-electron chi connectivity index (χ0n) is 20.2. The molecule has 2 unspecified atom stereocenters. The first kappa shape index (κ1) is 24.4. The van der Waals surface area contributed by atoms with E-state index in [4.69, 9.17) is 4.74 Å². The van der Waals surface area contributed by atoms with Crippen molar-refractivity contribution in [2.24, 2.45) is 17.8 Å². The molecule has 1 aliphatic heterocycles. The van der Waals surface area contributed by atoms with Crippen molar-refractivity contribution in [1.82, 2.24) is 15.3 Å². The summed E-state index contributed by atoms with van der Waals surface area (Å²) in [4.78, 5) is 21.9. The highest BCUT2D eigenvalue weighted by Gasteiger charge is 2.32. The number of nitrogens with one attached hydrogen (secondary N) is 2. The Balaban J connectivity index is 1.79. The molecule has 2 aliphatic rings. The highest BCUT2D eigenvalue weighted by atomic mass is 32.2. The molecule has 0 spiro atoms. The monoisotopic (exact) mass is 486 g/mol. The van der Waals surface area contributed by atoms with Gasteiger partial charge in [-0.25, -0.2) is 18.1 Å². The van der Waals surface area contributed by atoms with Crippen molar-refractivity contribution in [3.8, 4) is 5.88 Å². The standard InChI is InChI=1S/C25H34N4O4S/c1-15(2)11-19-14-33-22-13-21(23-16(3)7-5-8-17(23)4)27-25(28-22)29-34(31,32)20-10-6-9-18(12-20)24(30)26-19/h6,9-10,12-13,15-17,19,23H,5,7-8,11,14H2,1-4H3,(H,26,30)(H,27,28,29)/t16?,17?,19-,23?/m1/s1. The molecular weight excluding hydrogens is 452 g/mol. The van der Waals surface area contributed by atoms with Gasteiger partial charge < -0.3 is 10.1 Å². The van der Waals surface area contributed by atoms with E-state index < -0.39 is 10.0 Å². The van der Waals surface area contributed by atoms with Crippen molar-refractivity contribution < 1.29 is 17.9 Å². The van der Waals surface area contributed by atoms with Crippen molar-refractivity contribution in [3.05, 3.63) is 41.6 Å². The lowest BCUT2D eigenvalue weighted by molar-refractivity contribution is 0.0913. The number of ether oxygens (including phenoxy) is 1. The van der Waals surface area contributed by atoms with Crippen molar-refractivity contribution in [2.75, 3.05) is 11.3 Å². The molecule has 184 valence electrons. The number of carbonyl (C=O) groups excluding carboxylic acids is 1. The summed E-state index contributed by atoms with van der Waals surface area (Å²) in [5.74, 6) is 1.31. The summed E-state index contributed by atoms with van der Waals surface area (Å²) in [6.45, 7) is 8.82. The number of rotatable bonds is 3. The van der Waals surface area contributed by atoms with Crippen LogP contribution in [0.1, 0.15) is 75.3 Å². The fraction of sp³-hybridized carbons (Fsp3) is 0.560. The second-order valence-electron chi connectivity index (χ2n) is 10.1. The molecule has 2 aromatic rings. The van der Waals surface area contributed by atoms with Gasteiger partial charge in [0.05, 0.1) is 16.6 Å². The predicted molar refractivity (Wildman–Crippen MR) is 130 cm³/mol. The van der Waals surface area contributed by atoms with Crippen LogP contribution in [-0.2, 0) is 10.0 Å². The number of anilines is 1. The summed E-state index contributed by atoms with van der Waals surface area (Å²) >= 11 is 0. The van der Waals surface area contributed by atoms with Gasteiger partial charge in [-0.2, -0.15) is 4.98 Å². The Labute approximate surface area is 202 Å². The van der Waals surface area contributed by atoms with Gasteiger partial charge in [0.1, 0.15) is 6.61 Å². The molecule has 2 N–H and O–H groups in total. The third-order valence-corrected chi connectivity index (χ3v) is 8.09. The van der Waals surface area contributed by atoms with Crippen LogP contribution in [0, 0.1) is 17.8 Å². The van der Waals surface area contributed by atoms with Crippen LogP contribution in [0.2, 0.25) is 0 Å². The predicted octanol–water partition coefficient (Wildman–Crippen LogP) is 4.35. The van der Waals surface area contributed by atoms with Crippen LogP contribution in [0.15, 0.2) is 35.2 Å². The van der Waals surface area contributed by atoms with E-state index in [1.54, 1.807) is 12.1 Å². The van der Waals surface area contributed by atoms with Crippen LogP contribution in [0.25, 0.3) is 0 Å². The molecule has 0 saturated heterocycles. The summed E-state index contributed by atoms with van der Waals surface area (Å²) in [6.07, 6.45) is 4.10. The van der Waals surface area contributed by atoms with Crippen LogP contribution in [0.5, 0.6) is 5.88 Å². The normalized spacial score (nSPS) is 26.8. The van der Waals surface area contributed by atoms with Crippen LogP contribution in [-0.4, -0.2) is 36.9 Å². The Kier molecular flexibility index (Phi) is 7.12. The van der Waals surface area contributed by atoms with Crippen molar-refractivity contribution in [2.45, 2.75) is 70.2 Å². The molecule has 1 aromatic carbocycles. The number of nitrogens with zero attached hydrogens (tertiary/aromatic N) is 2. The average molecular weight is 487 g/mol. The number of hydrogen-bond donors (Lipinski definition) is 2. The van der Waals surface area contributed by atoms with Gasteiger partial charge in [-0.1, -0.05) is 53.0 Å². The molecule has 8 nitrogen and oxygen atoms in total. The van der Waals surface area contributed by atoms with E-state index >= 15 is 0 Å². The average Bonchev–Trinajstić information content (AvgIpc) is 2.76. The first-order valence-corrected chi connectivity index (χ1v) is 13.6. The Bertz CT molecular complexity index is 1140. The lowest BCUT2D eigenvalue weighted by Gasteiger charge is -2.34. The maximum Gasteiger partial charge on any atom is 0.264 e. The molecule has 1 saturated carbocycles. The molecule has 4 bridgehead atoms. The van der Waals surface area contributed by atoms with E-state index in [2.05, 4.69) is 47.7 Å².